The van der Waals surface area contributed by atoms with Crippen molar-refractivity contribution in [1.82, 2.24) is 19.7 Å². The molecule has 1 atom stereocenters. The lowest BCUT2D eigenvalue weighted by atomic mass is 10.1. The maximum Gasteiger partial charge on any atom is 0.229 e. The van der Waals surface area contributed by atoms with Gasteiger partial charge in [0, 0.05) is 13.1 Å². The van der Waals surface area contributed by atoms with Crippen LogP contribution in [-0.4, -0.2) is 46.1 Å². The summed E-state index contributed by atoms with van der Waals surface area (Å²) < 4.78 is 7.32. The molecular formula is C14H22N6O. The van der Waals surface area contributed by atoms with E-state index < -0.39 is 0 Å². The minimum Gasteiger partial charge on any atom is -0.383 e. The van der Waals surface area contributed by atoms with Gasteiger partial charge < -0.3 is 15.4 Å². The van der Waals surface area contributed by atoms with Crippen molar-refractivity contribution in [2.24, 2.45) is 5.92 Å². The number of anilines is 2. The summed E-state index contributed by atoms with van der Waals surface area (Å²) in [6.45, 7) is 9.46. The highest BCUT2D eigenvalue weighted by atomic mass is 16.5. The minimum absolute atomic E-state index is 0.259. The van der Waals surface area contributed by atoms with Crippen molar-refractivity contribution in [2.75, 3.05) is 36.9 Å². The molecule has 1 unspecified atom stereocenters. The molecule has 3 heterocycles. The average Bonchev–Trinajstić information content (AvgIpc) is 2.91. The van der Waals surface area contributed by atoms with E-state index in [0.717, 1.165) is 24.1 Å². The fraction of sp³-hybridized carbons (Fsp3) is 0.643. The molecule has 0 amide bonds. The molecule has 7 heteroatoms. The van der Waals surface area contributed by atoms with Crippen LogP contribution >= 0.6 is 0 Å². The average molecular weight is 290 g/mol. The number of fused-ring (bicyclic) bond motifs is 1. The third-order valence-corrected chi connectivity index (χ3v) is 4.12. The summed E-state index contributed by atoms with van der Waals surface area (Å²) in [5.74, 6) is 1.63. The number of ether oxygens (including phenoxy) is 1. The molecule has 114 valence electrons. The molecule has 21 heavy (non-hydrogen) atoms. The van der Waals surface area contributed by atoms with Crippen molar-refractivity contribution in [3.63, 3.8) is 0 Å². The first-order chi connectivity index (χ1) is 10.1. The lowest BCUT2D eigenvalue weighted by Gasteiger charge is -2.27. The molecule has 0 radical (unpaired) electrons. The zero-order valence-corrected chi connectivity index (χ0v) is 12.8. The molecule has 1 saturated heterocycles. The van der Waals surface area contributed by atoms with E-state index >= 15 is 0 Å². The maximum atomic E-state index is 6.09. The minimum atomic E-state index is 0.259. The quantitative estimate of drug-likeness (QED) is 0.921. The van der Waals surface area contributed by atoms with Crippen LogP contribution in [0.25, 0.3) is 11.0 Å². The second-order valence-corrected chi connectivity index (χ2v) is 5.82. The number of aromatic nitrogens is 4. The number of nitrogen functional groups attached to an aromatic ring is 1. The van der Waals surface area contributed by atoms with Gasteiger partial charge in [-0.15, -0.1) is 0 Å². The van der Waals surface area contributed by atoms with Gasteiger partial charge >= 0.3 is 0 Å². The Morgan fingerprint density at radius 1 is 1.19 bits per heavy atom. The fourth-order valence-corrected chi connectivity index (χ4v) is 2.42. The van der Waals surface area contributed by atoms with Crippen LogP contribution in [0.1, 0.15) is 26.8 Å². The summed E-state index contributed by atoms with van der Waals surface area (Å²) in [5, 5.41) is 5.27. The summed E-state index contributed by atoms with van der Waals surface area (Å²) in [5.41, 5.74) is 6.90. The first-order valence-corrected chi connectivity index (χ1v) is 7.41. The van der Waals surface area contributed by atoms with Crippen LogP contribution in [0.3, 0.4) is 0 Å². The predicted octanol–water partition coefficient (Wildman–Crippen LogP) is 1.46. The van der Waals surface area contributed by atoms with Crippen LogP contribution in [0.5, 0.6) is 0 Å². The van der Waals surface area contributed by atoms with Gasteiger partial charge in [-0.3, -0.25) is 0 Å². The summed E-state index contributed by atoms with van der Waals surface area (Å²) in [6, 6.07) is 0.259. The fourth-order valence-electron chi connectivity index (χ4n) is 2.42. The van der Waals surface area contributed by atoms with Crippen LogP contribution in [0, 0.1) is 5.92 Å². The van der Waals surface area contributed by atoms with Gasteiger partial charge in [-0.25, -0.2) is 4.68 Å². The molecule has 0 spiro atoms. The smallest absolute Gasteiger partial charge is 0.229 e. The SMILES string of the molecule is CC(C)C(C)n1ncc2c(N)nc(N3CCOCC3)nc21. The zero-order chi connectivity index (χ0) is 15.0. The van der Waals surface area contributed by atoms with Crippen LogP contribution in [-0.2, 0) is 4.74 Å². The molecule has 0 saturated carbocycles. The van der Waals surface area contributed by atoms with Crippen LogP contribution in [0.4, 0.5) is 11.8 Å². The third-order valence-electron chi connectivity index (χ3n) is 4.12. The standard InChI is InChI=1S/C14H22N6O/c1-9(2)10(3)20-13-11(8-16-20)12(15)17-14(18-13)19-4-6-21-7-5-19/h8-10H,4-7H2,1-3H3,(H2,15,17,18). The molecule has 0 aromatic carbocycles. The molecule has 0 aliphatic carbocycles. The van der Waals surface area contributed by atoms with Crippen LogP contribution in [0.15, 0.2) is 6.20 Å². The van der Waals surface area contributed by atoms with Gasteiger partial charge in [0.25, 0.3) is 0 Å². The Kier molecular flexibility index (Phi) is 3.67. The molecule has 1 aliphatic rings. The second kappa shape index (κ2) is 5.48. The van der Waals surface area contributed by atoms with Crippen molar-refractivity contribution >= 4 is 22.8 Å². The zero-order valence-electron chi connectivity index (χ0n) is 12.8. The number of rotatable bonds is 3. The Hall–Kier alpha value is -1.89. The monoisotopic (exact) mass is 290 g/mol. The van der Waals surface area contributed by atoms with Crippen LogP contribution < -0.4 is 10.6 Å². The highest BCUT2D eigenvalue weighted by Gasteiger charge is 2.20. The maximum absolute atomic E-state index is 6.09. The molecule has 2 N–H and O–H groups in total. The van der Waals surface area contributed by atoms with E-state index in [2.05, 4.69) is 35.8 Å². The van der Waals surface area contributed by atoms with E-state index in [1.165, 1.54) is 0 Å². The van der Waals surface area contributed by atoms with Crippen molar-refractivity contribution in [2.45, 2.75) is 26.8 Å². The van der Waals surface area contributed by atoms with E-state index in [9.17, 15) is 0 Å². The first-order valence-electron chi connectivity index (χ1n) is 7.41. The summed E-state index contributed by atoms with van der Waals surface area (Å²) in [7, 11) is 0. The molecule has 2 aromatic heterocycles. The molecule has 3 rings (SSSR count). The topological polar surface area (TPSA) is 82.1 Å². The summed E-state index contributed by atoms with van der Waals surface area (Å²) in [6.07, 6.45) is 1.76. The number of morpholine rings is 1. The van der Waals surface area contributed by atoms with E-state index in [0.29, 0.717) is 30.9 Å². The second-order valence-electron chi connectivity index (χ2n) is 5.82. The molecule has 7 nitrogen and oxygen atoms in total. The highest BCUT2D eigenvalue weighted by molar-refractivity contribution is 5.86. The van der Waals surface area contributed by atoms with Gasteiger partial charge in [0.2, 0.25) is 5.95 Å². The Bertz CT molecular complexity index is 632. The van der Waals surface area contributed by atoms with Gasteiger partial charge in [-0.1, -0.05) is 13.8 Å². The Labute approximate surface area is 124 Å². The summed E-state index contributed by atoms with van der Waals surface area (Å²) in [4.78, 5) is 11.2. The molecule has 1 aliphatic heterocycles. The first kappa shape index (κ1) is 14.1. The number of nitrogens with zero attached hydrogens (tertiary/aromatic N) is 5. The predicted molar refractivity (Wildman–Crippen MR) is 82.3 cm³/mol. The van der Waals surface area contributed by atoms with Gasteiger partial charge in [-0.2, -0.15) is 15.1 Å². The number of nitrogens with two attached hydrogens (primary N) is 1. The van der Waals surface area contributed by atoms with Crippen molar-refractivity contribution in [3.05, 3.63) is 6.20 Å². The molecule has 2 aromatic rings. The van der Waals surface area contributed by atoms with E-state index in [-0.39, 0.29) is 6.04 Å². The Balaban J connectivity index is 2.05. The van der Waals surface area contributed by atoms with E-state index in [1.807, 2.05) is 4.68 Å². The van der Waals surface area contributed by atoms with Crippen LogP contribution in [0.2, 0.25) is 0 Å². The van der Waals surface area contributed by atoms with Crippen molar-refractivity contribution < 1.29 is 4.74 Å². The van der Waals surface area contributed by atoms with Crippen molar-refractivity contribution in [1.29, 1.82) is 0 Å². The largest absolute Gasteiger partial charge is 0.383 e. The molecular weight excluding hydrogens is 268 g/mol. The van der Waals surface area contributed by atoms with E-state index in [1.54, 1.807) is 6.20 Å². The number of hydrogen-bond acceptors (Lipinski definition) is 6. The van der Waals surface area contributed by atoms with Crippen molar-refractivity contribution in [3.8, 4) is 0 Å². The molecule has 1 fully saturated rings. The number of hydrogen-bond donors (Lipinski definition) is 1. The molecule has 0 bridgehead atoms. The van der Waals surface area contributed by atoms with Gasteiger partial charge in [-0.05, 0) is 12.8 Å². The van der Waals surface area contributed by atoms with Gasteiger partial charge in [0.1, 0.15) is 5.82 Å². The Morgan fingerprint density at radius 2 is 1.90 bits per heavy atom. The van der Waals surface area contributed by atoms with Gasteiger partial charge in [0.05, 0.1) is 30.8 Å². The third kappa shape index (κ3) is 2.53. The Morgan fingerprint density at radius 3 is 2.57 bits per heavy atom. The highest BCUT2D eigenvalue weighted by Crippen LogP contribution is 2.26. The van der Waals surface area contributed by atoms with Gasteiger partial charge in [0.15, 0.2) is 5.65 Å². The normalized spacial score (nSPS) is 17.6. The van der Waals surface area contributed by atoms with E-state index in [4.69, 9.17) is 15.5 Å². The lowest BCUT2D eigenvalue weighted by Crippen LogP contribution is -2.37. The summed E-state index contributed by atoms with van der Waals surface area (Å²) >= 11 is 0. The lowest BCUT2D eigenvalue weighted by molar-refractivity contribution is 0.122.